The number of hydrogen-bond donors (Lipinski definition) is 2. The molecule has 0 saturated carbocycles. The van der Waals surface area contributed by atoms with Gasteiger partial charge in [-0.2, -0.15) is 5.26 Å². The van der Waals surface area contributed by atoms with Gasteiger partial charge in [-0.15, -0.1) is 0 Å². The van der Waals surface area contributed by atoms with E-state index in [1.165, 1.54) is 69.9 Å². The number of nitrogens with zero attached hydrogens (tertiary/aromatic N) is 5. The minimum atomic E-state index is -1.06. The van der Waals surface area contributed by atoms with E-state index in [0.29, 0.717) is 68.8 Å². The predicted molar refractivity (Wildman–Crippen MR) is 510 cm³/mol. The fourth-order valence-corrected chi connectivity index (χ4v) is 22.8. The molecular formula is C104H106BrN5O6P4Pd. The Hall–Kier alpha value is -10.2. The molecule has 0 atom stereocenters. The quantitative estimate of drug-likeness (QED) is 0.0801. The van der Waals surface area contributed by atoms with Crippen LogP contribution in [0.25, 0.3) is 0 Å². The zero-order chi connectivity index (χ0) is 83.7. The first kappa shape index (κ1) is 94.6. The molecule has 12 aromatic carbocycles. The second-order valence-corrected chi connectivity index (χ2v) is 40.1. The van der Waals surface area contributed by atoms with E-state index in [1.54, 1.807) is 28.1 Å². The molecule has 121 heavy (non-hydrogen) atoms. The second-order valence-electron chi connectivity index (χ2n) is 30.3. The summed E-state index contributed by atoms with van der Waals surface area (Å²) in [5.74, 6) is 0. The van der Waals surface area contributed by atoms with Gasteiger partial charge >= 0.3 is 12.2 Å². The number of rotatable bonds is 14. The molecule has 0 unspecified atom stereocenters. The van der Waals surface area contributed by atoms with Crippen LogP contribution in [0.5, 0.6) is 0 Å². The van der Waals surface area contributed by atoms with Crippen LogP contribution in [-0.2, 0) is 41.1 Å². The van der Waals surface area contributed by atoms with E-state index < -0.39 is 54.1 Å². The summed E-state index contributed by atoms with van der Waals surface area (Å²) in [6.45, 7) is 12.8. The van der Waals surface area contributed by atoms with Crippen molar-refractivity contribution < 1.29 is 49.7 Å². The molecule has 0 spiro atoms. The van der Waals surface area contributed by atoms with Crippen molar-refractivity contribution in [3.63, 3.8) is 0 Å². The molecule has 14 aromatic rings. The number of likely N-dealkylation sites (tertiary alicyclic amines) is 2. The van der Waals surface area contributed by atoms with Gasteiger partial charge in [-0.05, 0) is 203 Å². The van der Waals surface area contributed by atoms with E-state index in [9.17, 15) is 19.8 Å². The van der Waals surface area contributed by atoms with Crippen molar-refractivity contribution in [2.24, 2.45) is 0 Å². The standard InChI is InChI=1S/4C18H15P.C16H21N3O3.C15H21BrN2O3.CH4.Pd/c4*1-4-10-16(11-5-1)19(17-12-6-2-7-13-17)18-14-8-3-9-15-18;1-15(2,3)22-14(20)19-8-6-16(21,7-9-19)13-5-4-12(10-17)11-18-13;1-14(2,3)21-13(19)18-8-6-15(20,7-9-18)12-5-4-11(16)10-17-12;;/h4*1-15H;4-5,11,21H,6-9H2,1-3H3;4-5,10,20H,6-9H2,1-3H3;1H4;. The number of hydrogen-bond acceptors (Lipinski definition) is 9. The van der Waals surface area contributed by atoms with Crippen LogP contribution in [0.1, 0.15) is 91.6 Å². The summed E-state index contributed by atoms with van der Waals surface area (Å²) in [5.41, 5.74) is -1.42. The maximum atomic E-state index is 12.0. The Labute approximate surface area is 743 Å². The minimum absolute atomic E-state index is 0. The van der Waals surface area contributed by atoms with Crippen molar-refractivity contribution >= 4 is 123 Å². The van der Waals surface area contributed by atoms with Crippen molar-refractivity contribution in [2.75, 3.05) is 26.2 Å². The zero-order valence-electron chi connectivity index (χ0n) is 68.5. The Balaban J connectivity index is 0.000000165. The number of ether oxygens (including phenoxy) is 2. The fourth-order valence-electron chi connectivity index (χ4n) is 13.4. The molecule has 0 aliphatic carbocycles. The molecule has 620 valence electrons. The number of nitriles is 1. The van der Waals surface area contributed by atoms with Crippen molar-refractivity contribution in [1.82, 2.24) is 19.8 Å². The Morgan fingerprint density at radius 2 is 0.512 bits per heavy atom. The first-order valence-electron chi connectivity index (χ1n) is 39.9. The molecule has 11 nitrogen and oxygen atoms in total. The molecule has 17 heteroatoms. The first-order chi connectivity index (χ1) is 57.7. The third-order valence-corrected chi connectivity index (χ3v) is 29.5. The van der Waals surface area contributed by atoms with Crippen LogP contribution in [-0.4, -0.2) is 79.5 Å². The number of piperidine rings is 2. The normalized spacial score (nSPS) is 13.1. The summed E-state index contributed by atoms with van der Waals surface area (Å²) in [6, 6.07) is 138. The van der Waals surface area contributed by atoms with Crippen molar-refractivity contribution in [3.05, 3.63) is 422 Å². The van der Waals surface area contributed by atoms with Gasteiger partial charge in [-0.1, -0.05) is 371 Å². The van der Waals surface area contributed by atoms with Crippen LogP contribution >= 0.6 is 47.6 Å². The van der Waals surface area contributed by atoms with E-state index in [-0.39, 0.29) is 40.0 Å². The van der Waals surface area contributed by atoms with Crippen LogP contribution in [0.4, 0.5) is 9.59 Å². The molecular weight excluding hydrogens is 1730 g/mol. The summed E-state index contributed by atoms with van der Waals surface area (Å²) >= 11 is 3.33. The van der Waals surface area contributed by atoms with Crippen molar-refractivity contribution in [1.29, 1.82) is 5.26 Å². The van der Waals surface area contributed by atoms with Gasteiger partial charge in [0.1, 0.15) is 28.5 Å². The van der Waals surface area contributed by atoms with Gasteiger partial charge in [-0.3, -0.25) is 9.97 Å². The summed E-state index contributed by atoms with van der Waals surface area (Å²) < 4.78 is 11.6. The van der Waals surface area contributed by atoms with Crippen molar-refractivity contribution in [3.8, 4) is 6.07 Å². The summed E-state index contributed by atoms with van der Waals surface area (Å²) in [6.07, 6.45) is 4.15. The number of benzene rings is 12. The Kier molecular flexibility index (Phi) is 37.4. The SMILES string of the molecule is C.CC(C)(C)OC(=O)N1CCC(O)(c2ccc(Br)cn2)CC1.CC(C)(C)OC(=O)N1CCC(O)(c2ccc(C#N)cn2)CC1.[Pd].c1ccc(P(c2ccccc2)c2ccccc2)cc1.c1ccc(P(c2ccccc2)c2ccccc2)cc1.c1ccc(P(c2ccccc2)c2ccccc2)cc1.c1ccc(P(c2ccccc2)c2ccccc2)cc1. The van der Waals surface area contributed by atoms with Crippen LogP contribution < -0.4 is 63.7 Å². The summed E-state index contributed by atoms with van der Waals surface area (Å²) in [5, 5.41) is 47.0. The third kappa shape index (κ3) is 29.0. The maximum absolute atomic E-state index is 12.0. The number of aliphatic hydroxyl groups is 2. The van der Waals surface area contributed by atoms with Crippen LogP contribution in [0.3, 0.4) is 0 Å². The number of amides is 2. The predicted octanol–water partition coefficient (Wildman–Crippen LogP) is 19.6. The number of pyridine rings is 2. The van der Waals surface area contributed by atoms with Gasteiger partial charge in [0.15, 0.2) is 0 Å². The van der Waals surface area contributed by atoms with Crippen LogP contribution in [0.15, 0.2) is 405 Å². The van der Waals surface area contributed by atoms with Gasteiger partial charge < -0.3 is 29.5 Å². The average Bonchev–Trinajstić information content (AvgIpc) is 0.794. The molecule has 0 radical (unpaired) electrons. The number of carbonyl (C=O) groups excluding carboxylic acids is 2. The molecule has 2 aliphatic heterocycles. The summed E-state index contributed by atoms with van der Waals surface area (Å²) in [4.78, 5) is 35.7. The Bertz CT molecular complexity index is 4480. The topological polar surface area (TPSA) is 149 Å². The van der Waals surface area contributed by atoms with Gasteiger partial charge in [0.2, 0.25) is 0 Å². The van der Waals surface area contributed by atoms with E-state index in [1.807, 2.05) is 59.7 Å². The fraction of sp³-hybridized carbons (Fsp3) is 0.183. The first-order valence-corrected chi connectivity index (χ1v) is 46.1. The number of carbonyl (C=O) groups is 2. The average molecular weight is 1830 g/mol. The molecule has 2 N–H and O–H groups in total. The van der Waals surface area contributed by atoms with E-state index in [4.69, 9.17) is 14.7 Å². The van der Waals surface area contributed by atoms with E-state index in [0.717, 1.165) is 4.47 Å². The molecule has 2 aliphatic rings. The summed E-state index contributed by atoms with van der Waals surface area (Å²) in [7, 11) is -1.78. The Morgan fingerprint density at radius 3 is 0.661 bits per heavy atom. The molecule has 2 aromatic heterocycles. The molecule has 2 fully saturated rings. The second kappa shape index (κ2) is 47.8. The monoisotopic (exact) mass is 1830 g/mol. The molecule has 4 heterocycles. The number of halogens is 1. The smallest absolute Gasteiger partial charge is 0.410 e. The van der Waals surface area contributed by atoms with Gasteiger partial charge in [-0.25, -0.2) is 9.59 Å². The van der Waals surface area contributed by atoms with Crippen molar-refractivity contribution in [2.45, 2.75) is 97.1 Å². The number of aromatic nitrogens is 2. The van der Waals surface area contributed by atoms with Crippen LogP contribution in [0.2, 0.25) is 0 Å². The van der Waals surface area contributed by atoms with Gasteiger partial charge in [0, 0.05) is 63.5 Å². The zero-order valence-corrected chi connectivity index (χ0v) is 75.2. The Morgan fingerprint density at radius 1 is 0.331 bits per heavy atom. The molecule has 2 amide bonds. The van der Waals surface area contributed by atoms with E-state index >= 15 is 0 Å². The molecule has 0 bridgehead atoms. The minimum Gasteiger partial charge on any atom is -0.444 e. The molecule has 16 rings (SSSR count). The van der Waals surface area contributed by atoms with E-state index in [2.05, 4.69) is 390 Å². The third-order valence-electron chi connectivity index (χ3n) is 19.2. The van der Waals surface area contributed by atoms with Gasteiger partial charge in [0.25, 0.3) is 0 Å². The largest absolute Gasteiger partial charge is 0.444 e. The van der Waals surface area contributed by atoms with Crippen LogP contribution in [0, 0.1) is 11.3 Å². The van der Waals surface area contributed by atoms with Gasteiger partial charge in [0.05, 0.1) is 17.0 Å². The molecule has 2 saturated heterocycles. The maximum Gasteiger partial charge on any atom is 0.410 e.